The Balaban J connectivity index is 1.47. The lowest BCUT2D eigenvalue weighted by atomic mass is 9.96. The molecule has 1 aromatic carbocycles. The van der Waals surface area contributed by atoms with E-state index in [1.54, 1.807) is 0 Å². The Labute approximate surface area is 167 Å². The van der Waals surface area contributed by atoms with Gasteiger partial charge in [-0.1, -0.05) is 35.3 Å². The highest BCUT2D eigenvalue weighted by Crippen LogP contribution is 2.20. The van der Waals surface area contributed by atoms with E-state index in [2.05, 4.69) is 15.2 Å². The molecule has 2 aromatic rings. The van der Waals surface area contributed by atoms with E-state index in [0.717, 1.165) is 37.5 Å². The van der Waals surface area contributed by atoms with Crippen molar-refractivity contribution in [3.63, 3.8) is 0 Å². The van der Waals surface area contributed by atoms with Crippen molar-refractivity contribution in [2.75, 3.05) is 25.4 Å². The second-order valence-corrected chi connectivity index (χ2v) is 7.67. The molecule has 144 valence electrons. The van der Waals surface area contributed by atoms with Gasteiger partial charge in [0.1, 0.15) is 11.4 Å². The summed E-state index contributed by atoms with van der Waals surface area (Å²) >= 11 is 11.8. The van der Waals surface area contributed by atoms with Crippen LogP contribution in [0.4, 0.5) is 5.82 Å². The standard InChI is InChI=1S/C19H22Cl2N4O2/c20-14-3-1-13(2-4-14)11-25-7-5-12(6-8-25)10-23-18(26)15-9-16(21)17(22)24-19(15)27/h1-4,9,12H,5-8,10-11H2,(H,23,26)(H3,22,24,27). The van der Waals surface area contributed by atoms with Gasteiger partial charge < -0.3 is 16.0 Å². The molecule has 0 spiro atoms. The Morgan fingerprint density at radius 1 is 1.22 bits per heavy atom. The number of aromatic amines is 1. The van der Waals surface area contributed by atoms with E-state index in [1.807, 2.05) is 24.3 Å². The Morgan fingerprint density at radius 3 is 2.56 bits per heavy atom. The van der Waals surface area contributed by atoms with E-state index in [0.29, 0.717) is 12.5 Å². The van der Waals surface area contributed by atoms with Gasteiger partial charge in [0.15, 0.2) is 0 Å². The zero-order valence-corrected chi connectivity index (χ0v) is 16.3. The number of rotatable bonds is 5. The van der Waals surface area contributed by atoms with Crippen LogP contribution in [-0.2, 0) is 6.54 Å². The van der Waals surface area contributed by atoms with E-state index in [4.69, 9.17) is 28.9 Å². The lowest BCUT2D eigenvalue weighted by Crippen LogP contribution is -2.39. The first-order valence-corrected chi connectivity index (χ1v) is 9.61. The van der Waals surface area contributed by atoms with Gasteiger partial charge in [0.05, 0.1) is 5.02 Å². The summed E-state index contributed by atoms with van der Waals surface area (Å²) in [5.74, 6) is 0.0202. The van der Waals surface area contributed by atoms with Gasteiger partial charge in [-0.3, -0.25) is 14.5 Å². The lowest BCUT2D eigenvalue weighted by molar-refractivity contribution is 0.0933. The van der Waals surface area contributed by atoms with Crippen molar-refractivity contribution in [3.05, 3.63) is 61.9 Å². The van der Waals surface area contributed by atoms with Crippen LogP contribution in [0.5, 0.6) is 0 Å². The van der Waals surface area contributed by atoms with Gasteiger partial charge in [0.2, 0.25) is 0 Å². The average molecular weight is 409 g/mol. The summed E-state index contributed by atoms with van der Waals surface area (Å²) < 4.78 is 0. The summed E-state index contributed by atoms with van der Waals surface area (Å²) in [6.07, 6.45) is 1.99. The molecule has 1 aromatic heterocycles. The number of nitrogens with one attached hydrogen (secondary N) is 2. The molecule has 2 heterocycles. The number of nitrogens with two attached hydrogens (primary N) is 1. The van der Waals surface area contributed by atoms with Gasteiger partial charge >= 0.3 is 0 Å². The lowest BCUT2D eigenvalue weighted by Gasteiger charge is -2.32. The number of anilines is 1. The number of amides is 1. The number of likely N-dealkylation sites (tertiary alicyclic amines) is 1. The van der Waals surface area contributed by atoms with Gasteiger partial charge in [-0.05, 0) is 55.6 Å². The number of nitrogens with zero attached hydrogens (tertiary/aromatic N) is 1. The number of H-pyrrole nitrogens is 1. The van der Waals surface area contributed by atoms with E-state index in [9.17, 15) is 9.59 Å². The maximum Gasteiger partial charge on any atom is 0.262 e. The molecule has 1 saturated heterocycles. The minimum absolute atomic E-state index is 0.0191. The van der Waals surface area contributed by atoms with Crippen molar-refractivity contribution in [1.82, 2.24) is 15.2 Å². The number of carbonyl (C=O) groups excluding carboxylic acids is 1. The largest absolute Gasteiger partial charge is 0.384 e. The third-order valence-electron chi connectivity index (χ3n) is 4.84. The number of hydrogen-bond acceptors (Lipinski definition) is 4. The third-order valence-corrected chi connectivity index (χ3v) is 5.41. The number of pyridine rings is 1. The van der Waals surface area contributed by atoms with Crippen LogP contribution < -0.4 is 16.6 Å². The van der Waals surface area contributed by atoms with Crippen LogP contribution in [0.1, 0.15) is 28.8 Å². The molecule has 8 heteroatoms. The van der Waals surface area contributed by atoms with Crippen molar-refractivity contribution in [2.45, 2.75) is 19.4 Å². The number of halogens is 2. The Bertz CT molecular complexity index is 859. The summed E-state index contributed by atoms with van der Waals surface area (Å²) in [5, 5.41) is 3.74. The molecule has 0 atom stereocenters. The van der Waals surface area contributed by atoms with Crippen LogP contribution in [0, 0.1) is 5.92 Å². The summed E-state index contributed by atoms with van der Waals surface area (Å²) in [7, 11) is 0. The molecule has 1 amide bonds. The van der Waals surface area contributed by atoms with Crippen LogP contribution >= 0.6 is 23.2 Å². The normalized spacial score (nSPS) is 15.6. The SMILES string of the molecule is Nc1[nH]c(=O)c(C(=O)NCC2CCN(Cc3ccc(Cl)cc3)CC2)cc1Cl. The summed E-state index contributed by atoms with van der Waals surface area (Å²) in [6, 6.07) is 9.21. The molecule has 0 aliphatic carbocycles. The van der Waals surface area contributed by atoms with Crippen LogP contribution in [0.15, 0.2) is 35.1 Å². The zero-order valence-electron chi connectivity index (χ0n) is 14.8. The van der Waals surface area contributed by atoms with E-state index in [-0.39, 0.29) is 16.4 Å². The van der Waals surface area contributed by atoms with Gasteiger partial charge in [-0.25, -0.2) is 0 Å². The third kappa shape index (κ3) is 5.25. The van der Waals surface area contributed by atoms with Crippen LogP contribution in [-0.4, -0.2) is 35.4 Å². The zero-order chi connectivity index (χ0) is 19.4. The number of benzene rings is 1. The smallest absolute Gasteiger partial charge is 0.262 e. The molecule has 27 heavy (non-hydrogen) atoms. The second-order valence-electron chi connectivity index (χ2n) is 6.83. The average Bonchev–Trinajstić information content (AvgIpc) is 2.66. The monoisotopic (exact) mass is 408 g/mol. The van der Waals surface area contributed by atoms with E-state index >= 15 is 0 Å². The Morgan fingerprint density at radius 2 is 1.89 bits per heavy atom. The van der Waals surface area contributed by atoms with Crippen LogP contribution in [0.2, 0.25) is 10.0 Å². The minimum atomic E-state index is -0.535. The number of piperidine rings is 1. The topological polar surface area (TPSA) is 91.2 Å². The van der Waals surface area contributed by atoms with Crippen molar-refractivity contribution in [2.24, 2.45) is 5.92 Å². The minimum Gasteiger partial charge on any atom is -0.384 e. The number of hydrogen-bond donors (Lipinski definition) is 3. The van der Waals surface area contributed by atoms with Crippen LogP contribution in [0.25, 0.3) is 0 Å². The number of aromatic nitrogens is 1. The van der Waals surface area contributed by atoms with Crippen molar-refractivity contribution in [3.8, 4) is 0 Å². The fraction of sp³-hybridized carbons (Fsp3) is 0.368. The Kier molecular flexibility index (Phi) is 6.42. The molecular weight excluding hydrogens is 387 g/mol. The predicted molar refractivity (Wildman–Crippen MR) is 108 cm³/mol. The maximum absolute atomic E-state index is 12.3. The van der Waals surface area contributed by atoms with E-state index < -0.39 is 11.5 Å². The fourth-order valence-electron chi connectivity index (χ4n) is 3.22. The van der Waals surface area contributed by atoms with Crippen molar-refractivity contribution in [1.29, 1.82) is 0 Å². The maximum atomic E-state index is 12.3. The van der Waals surface area contributed by atoms with Gasteiger partial charge in [-0.2, -0.15) is 0 Å². The highest BCUT2D eigenvalue weighted by Gasteiger charge is 2.21. The first-order valence-electron chi connectivity index (χ1n) is 8.85. The first-order chi connectivity index (χ1) is 12.9. The van der Waals surface area contributed by atoms with Gasteiger partial charge in [-0.15, -0.1) is 0 Å². The summed E-state index contributed by atoms with van der Waals surface area (Å²) in [5.41, 5.74) is 6.21. The molecule has 3 rings (SSSR count). The molecule has 1 fully saturated rings. The molecule has 0 saturated carbocycles. The second kappa shape index (κ2) is 8.78. The molecule has 0 radical (unpaired) electrons. The number of carbonyl (C=O) groups is 1. The molecule has 6 nitrogen and oxygen atoms in total. The van der Waals surface area contributed by atoms with Gasteiger partial charge in [0, 0.05) is 18.1 Å². The number of nitrogen functional groups attached to an aromatic ring is 1. The van der Waals surface area contributed by atoms with Crippen LogP contribution in [0.3, 0.4) is 0 Å². The summed E-state index contributed by atoms with van der Waals surface area (Å²) in [6.45, 7) is 3.37. The fourth-order valence-corrected chi connectivity index (χ4v) is 3.50. The molecule has 1 aliphatic heterocycles. The van der Waals surface area contributed by atoms with Crippen molar-refractivity contribution >= 4 is 34.9 Å². The highest BCUT2D eigenvalue weighted by molar-refractivity contribution is 6.33. The van der Waals surface area contributed by atoms with Gasteiger partial charge in [0.25, 0.3) is 11.5 Å². The molecule has 1 aliphatic rings. The molecule has 4 N–H and O–H groups in total. The van der Waals surface area contributed by atoms with Crippen molar-refractivity contribution < 1.29 is 4.79 Å². The van der Waals surface area contributed by atoms with E-state index in [1.165, 1.54) is 11.6 Å². The molecule has 0 bridgehead atoms. The first kappa shape index (κ1) is 19.7. The quantitative estimate of drug-likeness (QED) is 0.708. The summed E-state index contributed by atoms with van der Waals surface area (Å²) in [4.78, 5) is 28.9. The molecular formula is C19H22Cl2N4O2. The Hall–Kier alpha value is -2.02. The predicted octanol–water partition coefficient (Wildman–Crippen LogP) is 2.91. The molecule has 0 unspecified atom stereocenters. The highest BCUT2D eigenvalue weighted by atomic mass is 35.5.